The minimum Gasteiger partial charge on any atom is -0.491 e. The first kappa shape index (κ1) is 20.6. The summed E-state index contributed by atoms with van der Waals surface area (Å²) in [4.78, 5) is 12.2. The van der Waals surface area contributed by atoms with Gasteiger partial charge in [-0.3, -0.25) is 9.10 Å². The van der Waals surface area contributed by atoms with E-state index in [2.05, 4.69) is 5.32 Å². The maximum atomic E-state index is 13.4. The molecule has 0 bridgehead atoms. The molecule has 0 aromatic heterocycles. The number of rotatable bonds is 8. The average molecular weight is 416 g/mol. The van der Waals surface area contributed by atoms with Gasteiger partial charge in [0.1, 0.15) is 24.7 Å². The Morgan fingerprint density at radius 2 is 1.79 bits per heavy atom. The average Bonchev–Trinajstić information content (AvgIpc) is 2.68. The Bertz CT molecular complexity index is 1110. The van der Waals surface area contributed by atoms with E-state index in [1.165, 1.54) is 18.2 Å². The van der Waals surface area contributed by atoms with Crippen LogP contribution in [0.3, 0.4) is 0 Å². The lowest BCUT2D eigenvalue weighted by molar-refractivity contribution is -0.119. The molecule has 8 heteroatoms. The summed E-state index contributed by atoms with van der Waals surface area (Å²) >= 11 is 0. The first-order chi connectivity index (χ1) is 13.8. The Kier molecular flexibility index (Phi) is 6.33. The van der Waals surface area contributed by atoms with Crippen molar-refractivity contribution in [3.63, 3.8) is 0 Å². The third-order valence-electron chi connectivity index (χ3n) is 4.22. The quantitative estimate of drug-likeness (QED) is 0.573. The summed E-state index contributed by atoms with van der Waals surface area (Å²) in [6.45, 7) is -0.0298. The summed E-state index contributed by atoms with van der Waals surface area (Å²) in [5, 5.41) is 4.64. The van der Waals surface area contributed by atoms with Crippen LogP contribution in [0.1, 0.15) is 0 Å². The molecule has 3 aromatic carbocycles. The normalized spacial score (nSPS) is 11.2. The van der Waals surface area contributed by atoms with Gasteiger partial charge in [-0.1, -0.05) is 42.5 Å². The van der Waals surface area contributed by atoms with E-state index in [1.807, 2.05) is 42.5 Å². The van der Waals surface area contributed by atoms with Crippen LogP contribution in [0.4, 0.5) is 10.1 Å². The fourth-order valence-electron chi connectivity index (χ4n) is 2.89. The molecule has 0 aliphatic rings. The van der Waals surface area contributed by atoms with Crippen molar-refractivity contribution in [2.24, 2.45) is 0 Å². The zero-order valence-corrected chi connectivity index (χ0v) is 16.7. The molecule has 0 atom stereocenters. The summed E-state index contributed by atoms with van der Waals surface area (Å²) in [6.07, 6.45) is 0.967. The summed E-state index contributed by atoms with van der Waals surface area (Å²) < 4.78 is 44.1. The number of nitrogens with one attached hydrogen (secondary N) is 1. The van der Waals surface area contributed by atoms with Crippen LogP contribution in [0.5, 0.6) is 5.75 Å². The summed E-state index contributed by atoms with van der Waals surface area (Å²) in [5.41, 5.74) is 0.0923. The monoisotopic (exact) mass is 416 g/mol. The number of hydrogen-bond donors (Lipinski definition) is 1. The number of carbonyl (C=O) groups excluding carboxylic acids is 1. The molecular weight excluding hydrogens is 395 g/mol. The maximum absolute atomic E-state index is 13.4. The van der Waals surface area contributed by atoms with Crippen molar-refractivity contribution in [2.45, 2.75) is 0 Å². The molecule has 6 nitrogen and oxygen atoms in total. The predicted molar refractivity (Wildman–Crippen MR) is 111 cm³/mol. The van der Waals surface area contributed by atoms with E-state index in [-0.39, 0.29) is 18.8 Å². The lowest BCUT2D eigenvalue weighted by Crippen LogP contribution is -2.41. The van der Waals surface area contributed by atoms with E-state index in [9.17, 15) is 17.6 Å². The Balaban J connectivity index is 1.57. The van der Waals surface area contributed by atoms with Gasteiger partial charge in [0, 0.05) is 5.39 Å². The molecule has 152 valence electrons. The van der Waals surface area contributed by atoms with Gasteiger partial charge in [0.05, 0.1) is 18.5 Å². The standard InChI is InChI=1S/C21H21FN2O4S/c1-29(26,27)24(18-9-5-8-17(22)14-18)15-21(25)23-12-13-28-20-11-4-7-16-6-2-3-10-19(16)20/h2-11,14H,12-13,15H2,1H3,(H,23,25). The van der Waals surface area contributed by atoms with Gasteiger partial charge in [0.25, 0.3) is 0 Å². The molecule has 0 saturated heterocycles. The molecule has 1 amide bonds. The SMILES string of the molecule is CS(=O)(=O)N(CC(=O)NCCOc1cccc2ccccc12)c1cccc(F)c1. The number of benzene rings is 3. The van der Waals surface area contributed by atoms with E-state index in [0.717, 1.165) is 27.4 Å². The molecule has 29 heavy (non-hydrogen) atoms. The van der Waals surface area contributed by atoms with Gasteiger partial charge in [0.15, 0.2) is 0 Å². The smallest absolute Gasteiger partial charge is 0.240 e. The van der Waals surface area contributed by atoms with E-state index < -0.39 is 28.3 Å². The topological polar surface area (TPSA) is 75.7 Å². The van der Waals surface area contributed by atoms with E-state index >= 15 is 0 Å². The van der Waals surface area contributed by atoms with Crippen LogP contribution in [0.15, 0.2) is 66.7 Å². The first-order valence-electron chi connectivity index (χ1n) is 8.95. The number of carbonyl (C=O) groups is 1. The molecule has 0 heterocycles. The van der Waals surface area contributed by atoms with Crippen LogP contribution in [-0.2, 0) is 14.8 Å². The molecule has 0 spiro atoms. The van der Waals surface area contributed by atoms with Gasteiger partial charge >= 0.3 is 0 Å². The van der Waals surface area contributed by atoms with E-state index in [4.69, 9.17) is 4.74 Å². The summed E-state index contributed by atoms with van der Waals surface area (Å²) in [7, 11) is -3.75. The van der Waals surface area contributed by atoms with Crippen molar-refractivity contribution in [2.75, 3.05) is 30.3 Å². The molecule has 0 unspecified atom stereocenters. The molecule has 0 radical (unpaired) electrons. The van der Waals surface area contributed by atoms with Crippen LogP contribution >= 0.6 is 0 Å². The molecule has 3 rings (SSSR count). The van der Waals surface area contributed by atoms with Crippen molar-refractivity contribution in [3.8, 4) is 5.75 Å². The van der Waals surface area contributed by atoms with Gasteiger partial charge in [-0.05, 0) is 29.7 Å². The molecule has 0 aliphatic heterocycles. The highest BCUT2D eigenvalue weighted by atomic mass is 32.2. The Labute approximate surface area is 169 Å². The zero-order valence-electron chi connectivity index (χ0n) is 15.8. The van der Waals surface area contributed by atoms with Crippen molar-refractivity contribution in [3.05, 3.63) is 72.5 Å². The molecule has 0 saturated carbocycles. The lowest BCUT2D eigenvalue weighted by atomic mass is 10.1. The van der Waals surface area contributed by atoms with Crippen LogP contribution in [0.2, 0.25) is 0 Å². The highest BCUT2D eigenvalue weighted by molar-refractivity contribution is 7.92. The molecule has 1 N–H and O–H groups in total. The maximum Gasteiger partial charge on any atom is 0.240 e. The summed E-state index contributed by atoms with van der Waals surface area (Å²) in [5.74, 6) is -0.392. The van der Waals surface area contributed by atoms with Crippen molar-refractivity contribution < 1.29 is 22.3 Å². The molecular formula is C21H21FN2O4S. The van der Waals surface area contributed by atoms with Gasteiger partial charge in [-0.2, -0.15) is 0 Å². The number of sulfonamides is 1. The number of nitrogens with zero attached hydrogens (tertiary/aromatic N) is 1. The van der Waals surface area contributed by atoms with Gasteiger partial charge in [-0.25, -0.2) is 12.8 Å². The summed E-state index contributed by atoms with van der Waals surface area (Å²) in [6, 6.07) is 18.6. The largest absolute Gasteiger partial charge is 0.491 e. The number of anilines is 1. The second-order valence-electron chi connectivity index (χ2n) is 6.43. The van der Waals surface area contributed by atoms with E-state index in [1.54, 1.807) is 0 Å². The number of ether oxygens (including phenoxy) is 1. The number of fused-ring (bicyclic) bond motifs is 1. The molecule has 3 aromatic rings. The van der Waals surface area contributed by atoms with Crippen LogP contribution in [-0.4, -0.2) is 40.3 Å². The first-order valence-corrected chi connectivity index (χ1v) is 10.8. The highest BCUT2D eigenvalue weighted by Crippen LogP contribution is 2.24. The Morgan fingerprint density at radius 1 is 1.07 bits per heavy atom. The molecule has 0 aliphatic carbocycles. The minimum absolute atomic E-state index is 0.0923. The van der Waals surface area contributed by atoms with Gasteiger partial charge in [-0.15, -0.1) is 0 Å². The second kappa shape index (κ2) is 8.91. The van der Waals surface area contributed by atoms with E-state index in [0.29, 0.717) is 5.75 Å². The van der Waals surface area contributed by atoms with Gasteiger partial charge < -0.3 is 10.1 Å². The predicted octanol–water partition coefficient (Wildman–Crippen LogP) is 2.94. The second-order valence-corrected chi connectivity index (χ2v) is 8.33. The Hall–Kier alpha value is -3.13. The van der Waals surface area contributed by atoms with Gasteiger partial charge in [0.2, 0.25) is 15.9 Å². The van der Waals surface area contributed by atoms with Crippen molar-refractivity contribution >= 4 is 32.4 Å². The number of halogens is 1. The van der Waals surface area contributed by atoms with Crippen LogP contribution in [0.25, 0.3) is 10.8 Å². The zero-order chi connectivity index (χ0) is 20.9. The minimum atomic E-state index is -3.75. The fraction of sp³-hybridized carbons (Fsp3) is 0.190. The lowest BCUT2D eigenvalue weighted by Gasteiger charge is -2.22. The number of amides is 1. The van der Waals surface area contributed by atoms with Crippen LogP contribution in [0, 0.1) is 5.82 Å². The fourth-order valence-corrected chi connectivity index (χ4v) is 3.74. The van der Waals surface area contributed by atoms with Crippen LogP contribution < -0.4 is 14.4 Å². The Morgan fingerprint density at radius 3 is 2.55 bits per heavy atom. The molecule has 0 fully saturated rings. The highest BCUT2D eigenvalue weighted by Gasteiger charge is 2.21. The number of hydrogen-bond acceptors (Lipinski definition) is 4. The van der Waals surface area contributed by atoms with Crippen molar-refractivity contribution in [1.29, 1.82) is 0 Å². The third-order valence-corrected chi connectivity index (χ3v) is 5.36. The third kappa shape index (κ3) is 5.45. The van der Waals surface area contributed by atoms with Crippen molar-refractivity contribution in [1.82, 2.24) is 5.32 Å².